The van der Waals surface area contributed by atoms with Crippen LogP contribution in [0.3, 0.4) is 0 Å². The Hall–Kier alpha value is 0.180. The van der Waals surface area contributed by atoms with Crippen LogP contribution in [0.2, 0.25) is 0 Å². The molecule has 0 N–H and O–H groups in total. The summed E-state index contributed by atoms with van der Waals surface area (Å²) in [5.74, 6) is 0.706. The topological polar surface area (TPSA) is 0 Å². The number of allylic oxidation sites excluding steroid dienone is 4. The SMILES string of the molecule is CC(C)C1=CC2=C(CCC2)SS1. The Morgan fingerprint density at radius 1 is 1.25 bits per heavy atom. The van der Waals surface area contributed by atoms with Crippen molar-refractivity contribution in [2.75, 3.05) is 0 Å². The Kier molecular flexibility index (Phi) is 2.56. The van der Waals surface area contributed by atoms with Crippen molar-refractivity contribution in [3.63, 3.8) is 0 Å². The molecular formula is C10H14S2. The van der Waals surface area contributed by atoms with E-state index >= 15 is 0 Å². The van der Waals surface area contributed by atoms with Gasteiger partial charge in [-0.05, 0) is 46.6 Å². The highest BCUT2D eigenvalue weighted by Gasteiger charge is 2.20. The van der Waals surface area contributed by atoms with E-state index in [1.54, 1.807) is 15.4 Å². The summed E-state index contributed by atoms with van der Waals surface area (Å²) in [6.07, 6.45) is 6.45. The van der Waals surface area contributed by atoms with Crippen molar-refractivity contribution in [1.82, 2.24) is 0 Å². The van der Waals surface area contributed by atoms with Gasteiger partial charge < -0.3 is 0 Å². The van der Waals surface area contributed by atoms with E-state index in [2.05, 4.69) is 19.9 Å². The molecule has 0 aromatic heterocycles. The molecule has 0 spiro atoms. The van der Waals surface area contributed by atoms with Gasteiger partial charge in [0.05, 0.1) is 0 Å². The lowest BCUT2D eigenvalue weighted by Crippen LogP contribution is -1.92. The van der Waals surface area contributed by atoms with Gasteiger partial charge >= 0.3 is 0 Å². The molecule has 1 heterocycles. The molecular weight excluding hydrogens is 184 g/mol. The van der Waals surface area contributed by atoms with Crippen molar-refractivity contribution in [2.24, 2.45) is 5.92 Å². The first-order valence-corrected chi connectivity index (χ1v) is 6.70. The molecule has 0 saturated carbocycles. The van der Waals surface area contributed by atoms with Gasteiger partial charge in [0.1, 0.15) is 0 Å². The third-order valence-corrected chi connectivity index (χ3v) is 5.30. The fraction of sp³-hybridized carbons (Fsp3) is 0.600. The summed E-state index contributed by atoms with van der Waals surface area (Å²) in [7, 11) is 3.97. The average molecular weight is 198 g/mol. The monoisotopic (exact) mass is 198 g/mol. The fourth-order valence-corrected chi connectivity index (χ4v) is 4.50. The van der Waals surface area contributed by atoms with Crippen molar-refractivity contribution < 1.29 is 0 Å². The van der Waals surface area contributed by atoms with Gasteiger partial charge in [-0.1, -0.05) is 35.4 Å². The van der Waals surface area contributed by atoms with Gasteiger partial charge in [-0.2, -0.15) is 0 Å². The molecule has 2 heteroatoms. The summed E-state index contributed by atoms with van der Waals surface area (Å²) in [6.45, 7) is 4.56. The van der Waals surface area contributed by atoms with E-state index < -0.39 is 0 Å². The van der Waals surface area contributed by atoms with Gasteiger partial charge in [0.2, 0.25) is 0 Å². The molecule has 0 atom stereocenters. The maximum Gasteiger partial charge on any atom is -0.000619 e. The van der Waals surface area contributed by atoms with Gasteiger partial charge in [0.25, 0.3) is 0 Å². The first-order valence-electron chi connectivity index (χ1n) is 4.55. The van der Waals surface area contributed by atoms with Crippen molar-refractivity contribution in [1.29, 1.82) is 0 Å². The zero-order valence-corrected chi connectivity index (χ0v) is 9.23. The van der Waals surface area contributed by atoms with E-state index in [-0.39, 0.29) is 0 Å². The van der Waals surface area contributed by atoms with Crippen LogP contribution in [-0.2, 0) is 0 Å². The second-order valence-electron chi connectivity index (χ2n) is 3.67. The Labute approximate surface area is 82.3 Å². The molecule has 1 aliphatic heterocycles. The highest BCUT2D eigenvalue weighted by Crippen LogP contribution is 2.50. The zero-order valence-electron chi connectivity index (χ0n) is 7.59. The lowest BCUT2D eigenvalue weighted by atomic mass is 10.1. The van der Waals surface area contributed by atoms with Crippen LogP contribution in [0.1, 0.15) is 33.1 Å². The quantitative estimate of drug-likeness (QED) is 0.574. The van der Waals surface area contributed by atoms with Gasteiger partial charge in [0.15, 0.2) is 0 Å². The van der Waals surface area contributed by atoms with E-state index in [0.29, 0.717) is 5.92 Å². The largest absolute Gasteiger partial charge is 0.0581 e. The first-order chi connectivity index (χ1) is 5.77. The predicted octanol–water partition coefficient (Wildman–Crippen LogP) is 4.36. The van der Waals surface area contributed by atoms with Gasteiger partial charge in [-0.15, -0.1) is 0 Å². The van der Waals surface area contributed by atoms with E-state index in [4.69, 9.17) is 0 Å². The fourth-order valence-electron chi connectivity index (χ4n) is 1.54. The molecule has 12 heavy (non-hydrogen) atoms. The zero-order chi connectivity index (χ0) is 8.55. The van der Waals surface area contributed by atoms with Crippen LogP contribution in [0.25, 0.3) is 0 Å². The summed E-state index contributed by atoms with van der Waals surface area (Å²) in [4.78, 5) is 3.20. The molecule has 0 nitrogen and oxygen atoms in total. The molecule has 1 aliphatic carbocycles. The van der Waals surface area contributed by atoms with Gasteiger partial charge in [-0.25, -0.2) is 0 Å². The summed E-state index contributed by atoms with van der Waals surface area (Å²) in [6, 6.07) is 0. The molecule has 2 rings (SSSR count). The summed E-state index contributed by atoms with van der Waals surface area (Å²) in [5.41, 5.74) is 1.63. The molecule has 0 unspecified atom stereocenters. The van der Waals surface area contributed by atoms with E-state index in [1.165, 1.54) is 19.3 Å². The maximum absolute atomic E-state index is 2.42. The summed E-state index contributed by atoms with van der Waals surface area (Å²) < 4.78 is 0. The standard InChI is InChI=1S/C10H14S2/c1-7(2)10-6-8-4-3-5-9(8)11-12-10/h6-7H,3-5H2,1-2H3. The van der Waals surface area contributed by atoms with Crippen molar-refractivity contribution in [3.8, 4) is 0 Å². The predicted molar refractivity (Wildman–Crippen MR) is 59.0 cm³/mol. The lowest BCUT2D eigenvalue weighted by Gasteiger charge is -2.16. The summed E-state index contributed by atoms with van der Waals surface area (Å²) in [5, 5.41) is 0. The molecule has 0 bridgehead atoms. The van der Waals surface area contributed by atoms with Crippen molar-refractivity contribution >= 4 is 21.6 Å². The number of hydrogen-bond acceptors (Lipinski definition) is 2. The highest BCUT2D eigenvalue weighted by molar-refractivity contribution is 8.79. The van der Waals surface area contributed by atoms with E-state index in [1.807, 2.05) is 21.6 Å². The van der Waals surface area contributed by atoms with Crippen LogP contribution in [0.15, 0.2) is 21.5 Å². The van der Waals surface area contributed by atoms with Crippen LogP contribution in [0, 0.1) is 5.92 Å². The second-order valence-corrected chi connectivity index (χ2v) is 5.97. The third kappa shape index (κ3) is 1.60. The minimum absolute atomic E-state index is 0.706. The van der Waals surface area contributed by atoms with Crippen LogP contribution in [-0.4, -0.2) is 0 Å². The highest BCUT2D eigenvalue weighted by atomic mass is 33.1. The minimum atomic E-state index is 0.706. The maximum atomic E-state index is 2.42. The van der Waals surface area contributed by atoms with Crippen molar-refractivity contribution in [2.45, 2.75) is 33.1 Å². The number of rotatable bonds is 1. The normalized spacial score (nSPS) is 23.1. The first kappa shape index (κ1) is 8.76. The molecule has 0 aromatic carbocycles. The molecule has 0 saturated heterocycles. The molecule has 0 amide bonds. The van der Waals surface area contributed by atoms with Crippen LogP contribution in [0.5, 0.6) is 0 Å². The van der Waals surface area contributed by atoms with Gasteiger partial charge in [-0.3, -0.25) is 0 Å². The van der Waals surface area contributed by atoms with E-state index in [9.17, 15) is 0 Å². The smallest absolute Gasteiger partial charge is 0.000619 e. The molecule has 0 aromatic rings. The Morgan fingerprint density at radius 2 is 2.08 bits per heavy atom. The van der Waals surface area contributed by atoms with Gasteiger partial charge in [0, 0.05) is 0 Å². The number of hydrogen-bond donors (Lipinski definition) is 0. The Bertz CT molecular complexity index is 249. The average Bonchev–Trinajstić information content (AvgIpc) is 2.49. The lowest BCUT2D eigenvalue weighted by molar-refractivity contribution is 0.815. The second kappa shape index (κ2) is 3.51. The van der Waals surface area contributed by atoms with Crippen molar-refractivity contribution in [3.05, 3.63) is 21.5 Å². The molecule has 2 aliphatic rings. The molecule has 0 radical (unpaired) electrons. The molecule has 66 valence electrons. The third-order valence-electron chi connectivity index (χ3n) is 2.33. The summed E-state index contributed by atoms with van der Waals surface area (Å²) >= 11 is 0. The minimum Gasteiger partial charge on any atom is -0.0581 e. The van der Waals surface area contributed by atoms with Crippen LogP contribution >= 0.6 is 21.6 Å². The van der Waals surface area contributed by atoms with E-state index in [0.717, 1.165) is 0 Å². The van der Waals surface area contributed by atoms with Crippen LogP contribution in [0.4, 0.5) is 0 Å². The van der Waals surface area contributed by atoms with Crippen LogP contribution < -0.4 is 0 Å². The Morgan fingerprint density at radius 3 is 2.83 bits per heavy atom. The Balaban J connectivity index is 2.21. The molecule has 0 fully saturated rings.